The van der Waals surface area contributed by atoms with Crippen molar-refractivity contribution in [1.82, 2.24) is 10.3 Å². The highest BCUT2D eigenvalue weighted by atomic mass is 16.5. The lowest BCUT2D eigenvalue weighted by molar-refractivity contribution is 0.0134. The molecule has 0 bridgehead atoms. The molecule has 1 aromatic carbocycles. The first-order chi connectivity index (χ1) is 12.9. The van der Waals surface area contributed by atoms with Gasteiger partial charge in [-0.2, -0.15) is 0 Å². The van der Waals surface area contributed by atoms with Crippen LogP contribution in [0.2, 0.25) is 0 Å². The fourth-order valence-corrected chi connectivity index (χ4v) is 2.46. The number of nitrogens with one attached hydrogen (secondary N) is 1. The Balaban J connectivity index is 1.77. The molecule has 0 aliphatic rings. The number of nitrogens with zero attached hydrogens (tertiary/aromatic N) is 1. The van der Waals surface area contributed by atoms with E-state index in [1.54, 1.807) is 6.92 Å². The van der Waals surface area contributed by atoms with Gasteiger partial charge in [-0.15, -0.1) is 0 Å². The molecule has 4 N–H and O–H groups in total. The van der Waals surface area contributed by atoms with E-state index in [0.717, 1.165) is 5.56 Å². The number of ether oxygens (including phenoxy) is 1. The standard InChI is InChI=1S/C19H22N2O6/c1-12-9-14(10-21-16(12)18(24)25)17(23)15(22)7-8-20-19(26)27-11-13-5-3-2-4-6-13/h2-6,9-10,15,17,22-23H,7-8,11H2,1H3,(H,20,26)(H,24,25). The van der Waals surface area contributed by atoms with Gasteiger partial charge in [0.2, 0.25) is 0 Å². The summed E-state index contributed by atoms with van der Waals surface area (Å²) in [5, 5.41) is 31.7. The highest BCUT2D eigenvalue weighted by molar-refractivity contribution is 5.86. The molecule has 8 heteroatoms. The van der Waals surface area contributed by atoms with Gasteiger partial charge in [0.15, 0.2) is 5.69 Å². The van der Waals surface area contributed by atoms with Crippen molar-refractivity contribution in [3.05, 3.63) is 65.0 Å². The van der Waals surface area contributed by atoms with E-state index in [-0.39, 0.29) is 25.3 Å². The SMILES string of the molecule is Cc1cc(C(O)C(O)CCNC(=O)OCc2ccccc2)cnc1C(=O)O. The summed E-state index contributed by atoms with van der Waals surface area (Å²) >= 11 is 0. The van der Waals surface area contributed by atoms with E-state index < -0.39 is 24.3 Å². The Morgan fingerprint density at radius 3 is 2.56 bits per heavy atom. The molecule has 1 aromatic heterocycles. The number of aliphatic hydroxyl groups excluding tert-OH is 2. The van der Waals surface area contributed by atoms with Gasteiger partial charge in [0.25, 0.3) is 0 Å². The molecule has 0 aliphatic heterocycles. The maximum atomic E-state index is 11.6. The van der Waals surface area contributed by atoms with Gasteiger partial charge < -0.3 is 25.4 Å². The highest BCUT2D eigenvalue weighted by Crippen LogP contribution is 2.20. The third-order valence-electron chi connectivity index (χ3n) is 3.93. The summed E-state index contributed by atoms with van der Waals surface area (Å²) in [4.78, 5) is 26.4. The van der Waals surface area contributed by atoms with Crippen molar-refractivity contribution in [2.24, 2.45) is 0 Å². The van der Waals surface area contributed by atoms with E-state index in [4.69, 9.17) is 9.84 Å². The van der Waals surface area contributed by atoms with Crippen LogP contribution in [0, 0.1) is 6.92 Å². The summed E-state index contributed by atoms with van der Waals surface area (Å²) in [5.74, 6) is -1.16. The maximum Gasteiger partial charge on any atom is 0.407 e. The van der Waals surface area contributed by atoms with Crippen molar-refractivity contribution in [2.45, 2.75) is 32.2 Å². The summed E-state index contributed by atoms with van der Waals surface area (Å²) in [6.07, 6.45) is -1.73. The Labute approximate surface area is 156 Å². The molecular formula is C19H22N2O6. The normalized spacial score (nSPS) is 12.9. The van der Waals surface area contributed by atoms with Crippen LogP contribution in [0.15, 0.2) is 42.6 Å². The molecule has 1 heterocycles. The average Bonchev–Trinajstić information content (AvgIpc) is 2.66. The second-order valence-corrected chi connectivity index (χ2v) is 6.03. The molecule has 2 rings (SSSR count). The second kappa shape index (κ2) is 9.65. The zero-order valence-electron chi connectivity index (χ0n) is 14.8. The van der Waals surface area contributed by atoms with Crippen LogP contribution in [0.1, 0.15) is 39.7 Å². The summed E-state index contributed by atoms with van der Waals surface area (Å²) < 4.78 is 5.05. The topological polar surface area (TPSA) is 129 Å². The molecule has 27 heavy (non-hydrogen) atoms. The average molecular weight is 374 g/mol. The number of aromatic nitrogens is 1. The largest absolute Gasteiger partial charge is 0.477 e. The summed E-state index contributed by atoms with van der Waals surface area (Å²) in [6.45, 7) is 1.80. The van der Waals surface area contributed by atoms with Gasteiger partial charge in [-0.1, -0.05) is 30.3 Å². The number of carboxylic acids is 1. The van der Waals surface area contributed by atoms with E-state index in [2.05, 4.69) is 10.3 Å². The van der Waals surface area contributed by atoms with Crippen LogP contribution in [0.5, 0.6) is 0 Å². The molecule has 0 saturated heterocycles. The first kappa shape index (κ1) is 20.3. The molecule has 0 spiro atoms. The fraction of sp³-hybridized carbons (Fsp3) is 0.316. The summed E-state index contributed by atoms with van der Waals surface area (Å²) in [7, 11) is 0. The number of rotatable bonds is 8. The molecule has 1 amide bonds. The first-order valence-electron chi connectivity index (χ1n) is 8.39. The molecular weight excluding hydrogens is 352 g/mol. The first-order valence-corrected chi connectivity index (χ1v) is 8.39. The van der Waals surface area contributed by atoms with Gasteiger partial charge in [0.1, 0.15) is 12.7 Å². The molecule has 2 atom stereocenters. The van der Waals surface area contributed by atoms with Crippen molar-refractivity contribution in [3.8, 4) is 0 Å². The van der Waals surface area contributed by atoms with E-state index in [1.807, 2.05) is 30.3 Å². The van der Waals surface area contributed by atoms with E-state index in [1.165, 1.54) is 12.3 Å². The number of aryl methyl sites for hydroxylation is 1. The van der Waals surface area contributed by atoms with Crippen molar-refractivity contribution in [2.75, 3.05) is 6.54 Å². The number of hydrogen-bond acceptors (Lipinski definition) is 6. The van der Waals surface area contributed by atoms with Gasteiger partial charge in [-0.25, -0.2) is 14.6 Å². The predicted octanol–water partition coefficient (Wildman–Crippen LogP) is 1.80. The monoisotopic (exact) mass is 374 g/mol. The minimum atomic E-state index is -1.25. The lowest BCUT2D eigenvalue weighted by Crippen LogP contribution is -2.29. The number of benzene rings is 1. The molecule has 0 saturated carbocycles. The van der Waals surface area contributed by atoms with Crippen molar-refractivity contribution in [1.29, 1.82) is 0 Å². The number of alkyl carbamates (subject to hydrolysis) is 1. The highest BCUT2D eigenvalue weighted by Gasteiger charge is 2.20. The number of carboxylic acid groups (broad SMARTS) is 1. The van der Waals surface area contributed by atoms with Crippen LogP contribution < -0.4 is 5.32 Å². The molecule has 8 nitrogen and oxygen atoms in total. The third-order valence-corrected chi connectivity index (χ3v) is 3.93. The van der Waals surface area contributed by atoms with E-state index >= 15 is 0 Å². The number of amides is 1. The van der Waals surface area contributed by atoms with Crippen molar-refractivity contribution < 1.29 is 29.6 Å². The van der Waals surface area contributed by atoms with Gasteiger partial charge >= 0.3 is 12.1 Å². The molecule has 0 radical (unpaired) electrons. The van der Waals surface area contributed by atoms with Crippen LogP contribution >= 0.6 is 0 Å². The van der Waals surface area contributed by atoms with Crippen LogP contribution in [0.3, 0.4) is 0 Å². The molecule has 2 unspecified atom stereocenters. The van der Waals surface area contributed by atoms with Crippen LogP contribution in [-0.2, 0) is 11.3 Å². The number of carbonyl (C=O) groups excluding carboxylic acids is 1. The number of hydrogen-bond donors (Lipinski definition) is 4. The van der Waals surface area contributed by atoms with Crippen LogP contribution in [-0.4, -0.2) is 45.0 Å². The number of pyridine rings is 1. The predicted molar refractivity (Wildman–Crippen MR) is 96.1 cm³/mol. The lowest BCUT2D eigenvalue weighted by Gasteiger charge is -2.18. The Morgan fingerprint density at radius 2 is 1.93 bits per heavy atom. The van der Waals surface area contributed by atoms with Gasteiger partial charge in [0, 0.05) is 18.3 Å². The zero-order chi connectivity index (χ0) is 19.8. The fourth-order valence-electron chi connectivity index (χ4n) is 2.46. The molecule has 0 aliphatic carbocycles. The third kappa shape index (κ3) is 6.05. The Morgan fingerprint density at radius 1 is 1.22 bits per heavy atom. The van der Waals surface area contributed by atoms with Crippen molar-refractivity contribution in [3.63, 3.8) is 0 Å². The minimum absolute atomic E-state index is 0.0847. The summed E-state index contributed by atoms with van der Waals surface area (Å²) in [6, 6.07) is 10.7. The zero-order valence-corrected chi connectivity index (χ0v) is 14.8. The van der Waals surface area contributed by atoms with Gasteiger partial charge in [-0.05, 0) is 30.5 Å². The smallest absolute Gasteiger partial charge is 0.407 e. The number of aliphatic hydroxyl groups is 2. The van der Waals surface area contributed by atoms with E-state index in [9.17, 15) is 19.8 Å². The Bertz CT molecular complexity index is 781. The second-order valence-electron chi connectivity index (χ2n) is 6.03. The summed E-state index contributed by atoms with van der Waals surface area (Å²) in [5.41, 5.74) is 1.43. The van der Waals surface area contributed by atoms with Gasteiger partial charge in [0.05, 0.1) is 6.10 Å². The van der Waals surface area contributed by atoms with Crippen LogP contribution in [0.25, 0.3) is 0 Å². The molecule has 2 aromatic rings. The van der Waals surface area contributed by atoms with E-state index in [0.29, 0.717) is 11.1 Å². The van der Waals surface area contributed by atoms with Crippen LogP contribution in [0.4, 0.5) is 4.79 Å². The van der Waals surface area contributed by atoms with Crippen molar-refractivity contribution >= 4 is 12.1 Å². The van der Waals surface area contributed by atoms with Gasteiger partial charge in [-0.3, -0.25) is 0 Å². The Kier molecular flexibility index (Phi) is 7.27. The lowest BCUT2D eigenvalue weighted by atomic mass is 10.0. The number of aromatic carboxylic acids is 1. The number of carbonyl (C=O) groups is 2. The maximum absolute atomic E-state index is 11.6. The quantitative estimate of drug-likeness (QED) is 0.554. The minimum Gasteiger partial charge on any atom is -0.477 e. The Hall–Kier alpha value is -2.97. The molecule has 144 valence electrons. The molecule has 0 fully saturated rings.